The van der Waals surface area contributed by atoms with E-state index >= 15 is 0 Å². The molecule has 4 heteroatoms. The molecule has 104 valence electrons. The zero-order chi connectivity index (χ0) is 14.4. The number of ketones is 1. The number of nitrogen functional groups attached to an aromatic ring is 1. The third-order valence-corrected chi connectivity index (χ3v) is 3.84. The van der Waals surface area contributed by atoms with Gasteiger partial charge in [0.15, 0.2) is 5.78 Å². The summed E-state index contributed by atoms with van der Waals surface area (Å²) in [7, 11) is 0. The van der Waals surface area contributed by atoms with E-state index in [9.17, 15) is 4.79 Å². The number of Topliss-reactive ketones (excluding diaryl/α,β-unsaturated/α-hetero) is 1. The molecule has 0 saturated carbocycles. The first kappa shape index (κ1) is 14.5. The molecule has 0 atom stereocenters. The number of nitrogens with two attached hydrogens (primary N) is 1. The molecule has 0 bridgehead atoms. The number of benzene rings is 2. The number of thioether (sulfide) groups is 1. The van der Waals surface area contributed by atoms with E-state index in [-0.39, 0.29) is 5.78 Å². The van der Waals surface area contributed by atoms with Crippen molar-refractivity contribution in [3.05, 3.63) is 54.1 Å². The van der Waals surface area contributed by atoms with Gasteiger partial charge in [-0.15, -0.1) is 11.8 Å². The van der Waals surface area contributed by atoms with E-state index in [1.54, 1.807) is 24.8 Å². The van der Waals surface area contributed by atoms with Gasteiger partial charge in [0.25, 0.3) is 0 Å². The molecule has 3 nitrogen and oxygen atoms in total. The Morgan fingerprint density at radius 1 is 1.15 bits per heavy atom. The normalized spacial score (nSPS) is 10.2. The van der Waals surface area contributed by atoms with Crippen LogP contribution in [0.1, 0.15) is 17.3 Å². The molecule has 2 N–H and O–H groups in total. The smallest absolute Gasteiger partial charge is 0.163 e. The van der Waals surface area contributed by atoms with Crippen LogP contribution in [0.25, 0.3) is 0 Å². The van der Waals surface area contributed by atoms with Gasteiger partial charge < -0.3 is 10.5 Å². The zero-order valence-corrected chi connectivity index (χ0v) is 12.2. The third kappa shape index (κ3) is 3.78. The summed E-state index contributed by atoms with van der Waals surface area (Å²) >= 11 is 1.65. The lowest BCUT2D eigenvalue weighted by atomic mass is 10.1. The lowest BCUT2D eigenvalue weighted by molar-refractivity contribution is 0.101. The van der Waals surface area contributed by atoms with Gasteiger partial charge in [-0.1, -0.05) is 24.3 Å². The number of ether oxygens (including phenoxy) is 1. The summed E-state index contributed by atoms with van der Waals surface area (Å²) in [6, 6.07) is 15.0. The van der Waals surface area contributed by atoms with Gasteiger partial charge >= 0.3 is 0 Å². The second-order valence-corrected chi connectivity index (χ2v) is 5.42. The van der Waals surface area contributed by atoms with Crippen LogP contribution < -0.4 is 10.5 Å². The number of carbonyl (C=O) groups excluding carboxylic acids is 1. The molecule has 0 aliphatic rings. The average Bonchev–Trinajstić information content (AvgIpc) is 2.45. The molecule has 0 fully saturated rings. The Morgan fingerprint density at radius 2 is 1.85 bits per heavy atom. The van der Waals surface area contributed by atoms with E-state index < -0.39 is 0 Å². The van der Waals surface area contributed by atoms with Crippen LogP contribution in [-0.4, -0.2) is 18.1 Å². The molecule has 2 aromatic carbocycles. The Labute approximate surface area is 123 Å². The number of anilines is 1. The highest BCUT2D eigenvalue weighted by molar-refractivity contribution is 7.99. The molecule has 0 unspecified atom stereocenters. The van der Waals surface area contributed by atoms with Crippen LogP contribution in [0, 0.1) is 0 Å². The maximum Gasteiger partial charge on any atom is 0.163 e. The number of rotatable bonds is 6. The summed E-state index contributed by atoms with van der Waals surface area (Å²) in [5.74, 6) is 1.43. The van der Waals surface area contributed by atoms with Crippen LogP contribution >= 0.6 is 11.8 Å². The minimum absolute atomic E-state index is 0.0144. The monoisotopic (exact) mass is 287 g/mol. The summed E-state index contributed by atoms with van der Waals surface area (Å²) in [5.41, 5.74) is 7.27. The van der Waals surface area contributed by atoms with Gasteiger partial charge in [-0.05, 0) is 31.2 Å². The van der Waals surface area contributed by atoms with Gasteiger partial charge in [-0.25, -0.2) is 0 Å². The van der Waals surface area contributed by atoms with Gasteiger partial charge in [-0.2, -0.15) is 0 Å². The largest absolute Gasteiger partial charge is 0.492 e. The van der Waals surface area contributed by atoms with Gasteiger partial charge in [0.05, 0.1) is 12.2 Å². The number of para-hydroxylation sites is 2. The van der Waals surface area contributed by atoms with E-state index in [0.717, 1.165) is 16.3 Å². The number of carbonyl (C=O) groups is 1. The van der Waals surface area contributed by atoms with Crippen LogP contribution in [0.5, 0.6) is 5.75 Å². The van der Waals surface area contributed by atoms with Crippen molar-refractivity contribution in [1.29, 1.82) is 0 Å². The molecule has 0 spiro atoms. The summed E-state index contributed by atoms with van der Waals surface area (Å²) in [6.07, 6.45) is 0. The molecule has 0 radical (unpaired) electrons. The van der Waals surface area contributed by atoms with Crippen molar-refractivity contribution in [2.24, 2.45) is 0 Å². The third-order valence-electron chi connectivity index (χ3n) is 2.78. The van der Waals surface area contributed by atoms with Crippen molar-refractivity contribution < 1.29 is 9.53 Å². The van der Waals surface area contributed by atoms with Crippen molar-refractivity contribution in [2.45, 2.75) is 11.8 Å². The second-order valence-electron chi connectivity index (χ2n) is 4.29. The highest BCUT2D eigenvalue weighted by Crippen LogP contribution is 2.24. The number of hydrogen-bond acceptors (Lipinski definition) is 4. The fraction of sp³-hybridized carbons (Fsp3) is 0.188. The van der Waals surface area contributed by atoms with Gasteiger partial charge in [0.1, 0.15) is 5.75 Å². The van der Waals surface area contributed by atoms with Crippen molar-refractivity contribution in [2.75, 3.05) is 18.1 Å². The van der Waals surface area contributed by atoms with E-state index in [1.807, 2.05) is 42.5 Å². The summed E-state index contributed by atoms with van der Waals surface area (Å²) < 4.78 is 5.68. The van der Waals surface area contributed by atoms with Crippen LogP contribution in [0.3, 0.4) is 0 Å². The molecule has 2 rings (SSSR count). The first-order valence-electron chi connectivity index (χ1n) is 6.38. The van der Waals surface area contributed by atoms with Gasteiger partial charge in [-0.3, -0.25) is 4.79 Å². The molecule has 0 aromatic heterocycles. The predicted molar refractivity (Wildman–Crippen MR) is 83.5 cm³/mol. The highest BCUT2D eigenvalue weighted by Gasteiger charge is 2.07. The lowest BCUT2D eigenvalue weighted by Crippen LogP contribution is -2.04. The fourth-order valence-electron chi connectivity index (χ4n) is 1.80. The molecule has 0 heterocycles. The van der Waals surface area contributed by atoms with Gasteiger partial charge in [0, 0.05) is 16.3 Å². The molecule has 0 amide bonds. The summed E-state index contributed by atoms with van der Waals surface area (Å²) in [5, 5.41) is 0. The number of hydrogen-bond donors (Lipinski definition) is 1. The second kappa shape index (κ2) is 7.01. The highest BCUT2D eigenvalue weighted by atomic mass is 32.2. The van der Waals surface area contributed by atoms with Crippen LogP contribution in [0.2, 0.25) is 0 Å². The Morgan fingerprint density at radius 3 is 2.60 bits per heavy atom. The maximum absolute atomic E-state index is 11.5. The van der Waals surface area contributed by atoms with Crippen LogP contribution in [0.15, 0.2) is 53.4 Å². The molecule has 20 heavy (non-hydrogen) atoms. The zero-order valence-electron chi connectivity index (χ0n) is 11.3. The minimum atomic E-state index is 0.0144. The fourth-order valence-corrected chi connectivity index (χ4v) is 2.59. The Bertz CT molecular complexity index is 599. The van der Waals surface area contributed by atoms with E-state index in [0.29, 0.717) is 17.9 Å². The van der Waals surface area contributed by atoms with Crippen molar-refractivity contribution >= 4 is 23.2 Å². The standard InChI is InChI=1S/C16H17NO2S/c1-12(18)13-6-2-4-8-15(13)19-10-11-20-16-9-5-3-7-14(16)17/h2-9H,10-11,17H2,1H3. The molecule has 0 aliphatic heterocycles. The Balaban J connectivity index is 1.88. The van der Waals surface area contributed by atoms with E-state index in [2.05, 4.69) is 0 Å². The van der Waals surface area contributed by atoms with Crippen molar-refractivity contribution in [3.8, 4) is 5.75 Å². The van der Waals surface area contributed by atoms with Crippen molar-refractivity contribution in [3.63, 3.8) is 0 Å². The average molecular weight is 287 g/mol. The first-order valence-corrected chi connectivity index (χ1v) is 7.37. The lowest BCUT2D eigenvalue weighted by Gasteiger charge is -2.10. The van der Waals surface area contributed by atoms with Crippen molar-refractivity contribution in [1.82, 2.24) is 0 Å². The molecule has 2 aromatic rings. The quantitative estimate of drug-likeness (QED) is 0.381. The maximum atomic E-state index is 11.5. The molecule has 0 aliphatic carbocycles. The Hall–Kier alpha value is -1.94. The molecule has 0 saturated heterocycles. The van der Waals surface area contributed by atoms with Crippen LogP contribution in [0.4, 0.5) is 5.69 Å². The van der Waals surface area contributed by atoms with E-state index in [4.69, 9.17) is 10.5 Å². The minimum Gasteiger partial charge on any atom is -0.492 e. The van der Waals surface area contributed by atoms with Gasteiger partial charge in [0.2, 0.25) is 0 Å². The summed E-state index contributed by atoms with van der Waals surface area (Å²) in [6.45, 7) is 2.07. The summed E-state index contributed by atoms with van der Waals surface area (Å²) in [4.78, 5) is 12.5. The SMILES string of the molecule is CC(=O)c1ccccc1OCCSc1ccccc1N. The topological polar surface area (TPSA) is 52.3 Å². The van der Waals surface area contributed by atoms with Crippen LogP contribution in [-0.2, 0) is 0 Å². The molecular formula is C16H17NO2S. The molecular weight excluding hydrogens is 270 g/mol. The Kier molecular flexibility index (Phi) is 5.07. The predicted octanol–water partition coefficient (Wildman–Crippen LogP) is 3.64. The van der Waals surface area contributed by atoms with E-state index in [1.165, 1.54) is 0 Å². The first-order chi connectivity index (χ1) is 9.68.